The zero-order chi connectivity index (χ0) is 20.9. The second kappa shape index (κ2) is 7.10. The van der Waals surface area contributed by atoms with Gasteiger partial charge in [-0.15, -0.1) is 11.3 Å². The Hall–Kier alpha value is -2.91. The summed E-state index contributed by atoms with van der Waals surface area (Å²) in [5, 5.41) is 2.98. The van der Waals surface area contributed by atoms with Gasteiger partial charge in [-0.1, -0.05) is 0 Å². The Morgan fingerprint density at radius 2 is 1.87 bits per heavy atom. The molecule has 30 heavy (non-hydrogen) atoms. The molecule has 3 heterocycles. The summed E-state index contributed by atoms with van der Waals surface area (Å²) in [6.45, 7) is 3.44. The molecule has 2 aliphatic heterocycles. The van der Waals surface area contributed by atoms with Crippen LogP contribution in [0.4, 0.5) is 16.2 Å². The number of thiophene rings is 1. The minimum atomic E-state index is -0.669. The third-order valence-electron chi connectivity index (χ3n) is 5.69. The number of rotatable bonds is 4. The molecule has 0 unspecified atom stereocenters. The van der Waals surface area contributed by atoms with Crippen molar-refractivity contribution in [1.82, 2.24) is 5.32 Å². The van der Waals surface area contributed by atoms with E-state index in [1.165, 1.54) is 11.3 Å². The maximum atomic E-state index is 12.5. The predicted octanol–water partition coefficient (Wildman–Crippen LogP) is 2.32. The average Bonchev–Trinajstić information content (AvgIpc) is 3.04. The molecule has 9 heteroatoms. The second-order valence-electron chi connectivity index (χ2n) is 7.77. The smallest absolute Gasteiger partial charge is 0.415 e. The Morgan fingerprint density at radius 3 is 2.53 bits per heavy atom. The summed E-state index contributed by atoms with van der Waals surface area (Å²) < 4.78 is 10.8. The molecule has 1 spiro atoms. The number of amides is 3. The van der Waals surface area contributed by atoms with Gasteiger partial charge < -0.3 is 19.7 Å². The first-order valence-corrected chi connectivity index (χ1v) is 10.6. The van der Waals surface area contributed by atoms with Gasteiger partial charge in [-0.2, -0.15) is 0 Å². The van der Waals surface area contributed by atoms with E-state index in [1.807, 2.05) is 37.3 Å². The molecule has 3 fully saturated rings. The first-order valence-electron chi connectivity index (χ1n) is 9.81. The highest BCUT2D eigenvalue weighted by Crippen LogP contribution is 2.46. The van der Waals surface area contributed by atoms with Gasteiger partial charge in [-0.05, 0) is 43.3 Å². The fourth-order valence-corrected chi connectivity index (χ4v) is 4.71. The van der Waals surface area contributed by atoms with Crippen LogP contribution in [0.1, 0.15) is 21.0 Å². The summed E-state index contributed by atoms with van der Waals surface area (Å²) in [5.74, 6) is -0.213. The normalized spacial score (nSPS) is 25.6. The highest BCUT2D eigenvalue weighted by molar-refractivity contribution is 7.13. The van der Waals surface area contributed by atoms with E-state index in [4.69, 9.17) is 9.47 Å². The van der Waals surface area contributed by atoms with Crippen molar-refractivity contribution in [3.05, 3.63) is 46.2 Å². The quantitative estimate of drug-likeness (QED) is 0.809. The van der Waals surface area contributed by atoms with E-state index < -0.39 is 11.7 Å². The minimum Gasteiger partial charge on any atom is -0.438 e. The number of morpholine rings is 1. The van der Waals surface area contributed by atoms with Crippen LogP contribution in [0, 0.1) is 6.92 Å². The summed E-state index contributed by atoms with van der Waals surface area (Å²) in [6, 6.07) is 10.8. The molecular formula is C21H21N3O5S. The Morgan fingerprint density at radius 1 is 1.13 bits per heavy atom. The lowest BCUT2D eigenvalue weighted by molar-refractivity contribution is -0.125. The van der Waals surface area contributed by atoms with Crippen LogP contribution in [-0.2, 0) is 14.3 Å². The fourth-order valence-electron chi connectivity index (χ4n) is 3.94. The first kappa shape index (κ1) is 19.1. The topological polar surface area (TPSA) is 88.2 Å². The number of anilines is 2. The van der Waals surface area contributed by atoms with Crippen LogP contribution in [0.15, 0.2) is 36.4 Å². The van der Waals surface area contributed by atoms with Crippen molar-refractivity contribution >= 4 is 40.6 Å². The van der Waals surface area contributed by atoms with E-state index in [0.29, 0.717) is 36.7 Å². The highest BCUT2D eigenvalue weighted by atomic mass is 32.1. The summed E-state index contributed by atoms with van der Waals surface area (Å²) in [4.78, 5) is 41.9. The molecule has 1 aromatic carbocycles. The van der Waals surface area contributed by atoms with Gasteiger partial charge in [0, 0.05) is 29.2 Å². The van der Waals surface area contributed by atoms with E-state index in [-0.39, 0.29) is 24.5 Å². The molecule has 3 amide bonds. The lowest BCUT2D eigenvalue weighted by Gasteiger charge is -2.27. The number of hydrogen-bond donors (Lipinski definition) is 1. The van der Waals surface area contributed by atoms with Crippen molar-refractivity contribution < 1.29 is 23.9 Å². The zero-order valence-electron chi connectivity index (χ0n) is 16.4. The first-order chi connectivity index (χ1) is 14.4. The number of carbonyl (C=O) groups excluding carboxylic acids is 3. The van der Waals surface area contributed by atoms with E-state index in [1.54, 1.807) is 15.9 Å². The van der Waals surface area contributed by atoms with Crippen molar-refractivity contribution in [3.8, 4) is 0 Å². The molecule has 2 aromatic rings. The van der Waals surface area contributed by atoms with Crippen LogP contribution >= 0.6 is 11.3 Å². The molecule has 0 bridgehead atoms. The van der Waals surface area contributed by atoms with Gasteiger partial charge in [-0.25, -0.2) is 4.79 Å². The molecule has 8 nitrogen and oxygen atoms in total. The van der Waals surface area contributed by atoms with Crippen molar-refractivity contribution in [2.75, 3.05) is 36.1 Å². The molecule has 156 valence electrons. The van der Waals surface area contributed by atoms with Crippen molar-refractivity contribution in [1.29, 1.82) is 0 Å². The molecule has 5 rings (SSSR count). The van der Waals surface area contributed by atoms with Crippen LogP contribution in [-0.4, -0.2) is 55.9 Å². The Kier molecular flexibility index (Phi) is 4.52. The van der Waals surface area contributed by atoms with Gasteiger partial charge in [0.15, 0.2) is 5.60 Å². The van der Waals surface area contributed by atoms with Crippen molar-refractivity contribution in [2.24, 2.45) is 0 Å². The molecule has 0 radical (unpaired) electrons. The minimum absolute atomic E-state index is 0.0777. The number of nitrogens with one attached hydrogen (secondary N) is 1. The average molecular weight is 427 g/mol. The largest absolute Gasteiger partial charge is 0.438 e. The molecular weight excluding hydrogens is 406 g/mol. The lowest BCUT2D eigenvalue weighted by atomic mass is 10.2. The molecule has 2 atom stereocenters. The summed E-state index contributed by atoms with van der Waals surface area (Å²) in [5.41, 5.74) is 0.807. The molecule has 1 saturated carbocycles. The number of nitrogens with zero attached hydrogens (tertiary/aromatic N) is 2. The van der Waals surface area contributed by atoms with Crippen LogP contribution in [0.5, 0.6) is 0 Å². The van der Waals surface area contributed by atoms with Gasteiger partial charge in [0.1, 0.15) is 6.61 Å². The van der Waals surface area contributed by atoms with Gasteiger partial charge >= 0.3 is 6.09 Å². The molecule has 1 aromatic heterocycles. The van der Waals surface area contributed by atoms with Gasteiger partial charge in [0.25, 0.3) is 11.8 Å². The third kappa shape index (κ3) is 3.33. The van der Waals surface area contributed by atoms with E-state index in [0.717, 1.165) is 10.6 Å². The van der Waals surface area contributed by atoms with Crippen LogP contribution in [0.2, 0.25) is 0 Å². The zero-order valence-corrected chi connectivity index (χ0v) is 17.2. The lowest BCUT2D eigenvalue weighted by Crippen LogP contribution is -2.41. The number of ether oxygens (including phenoxy) is 2. The monoisotopic (exact) mass is 427 g/mol. The number of hydrogen-bond acceptors (Lipinski definition) is 6. The third-order valence-corrected chi connectivity index (χ3v) is 6.69. The SMILES string of the molecule is Cc1ccc(C(=O)N[C@H]2C[C@]23CN(c2ccc(N4CCOCC4=O)cc2)C(=O)O3)s1. The number of aryl methyl sites for hydroxylation is 1. The van der Waals surface area contributed by atoms with Crippen LogP contribution < -0.4 is 15.1 Å². The maximum absolute atomic E-state index is 12.5. The van der Waals surface area contributed by atoms with Crippen LogP contribution in [0.25, 0.3) is 0 Å². The molecule has 3 aliphatic rings. The van der Waals surface area contributed by atoms with E-state index in [9.17, 15) is 14.4 Å². The molecule has 1 N–H and O–H groups in total. The Bertz CT molecular complexity index is 1020. The molecule has 2 saturated heterocycles. The van der Waals surface area contributed by atoms with E-state index >= 15 is 0 Å². The van der Waals surface area contributed by atoms with Gasteiger partial charge in [-0.3, -0.25) is 14.5 Å². The predicted molar refractivity (Wildman–Crippen MR) is 111 cm³/mol. The Balaban J connectivity index is 1.24. The number of benzene rings is 1. The van der Waals surface area contributed by atoms with Gasteiger partial charge in [0.05, 0.1) is 24.1 Å². The van der Waals surface area contributed by atoms with Crippen molar-refractivity contribution in [3.63, 3.8) is 0 Å². The summed E-state index contributed by atoms with van der Waals surface area (Å²) in [6.07, 6.45) is 0.181. The van der Waals surface area contributed by atoms with Crippen molar-refractivity contribution in [2.45, 2.75) is 25.0 Å². The Labute approximate surface area is 177 Å². The second-order valence-corrected chi connectivity index (χ2v) is 9.06. The highest BCUT2D eigenvalue weighted by Gasteiger charge is 2.64. The van der Waals surface area contributed by atoms with E-state index in [2.05, 4.69) is 5.32 Å². The summed E-state index contributed by atoms with van der Waals surface area (Å²) in [7, 11) is 0. The standard InChI is InChI=1S/C21H21N3O5S/c1-13-2-7-16(30-13)19(26)22-17-10-21(17)12-24(20(27)29-21)15-5-3-14(4-6-15)23-8-9-28-11-18(23)25/h2-7,17H,8-12H2,1H3,(H,22,26)/t17-,21-/m0/s1. The van der Waals surface area contributed by atoms with Gasteiger partial charge in [0.2, 0.25) is 0 Å². The molecule has 1 aliphatic carbocycles. The van der Waals surface area contributed by atoms with Crippen LogP contribution in [0.3, 0.4) is 0 Å². The maximum Gasteiger partial charge on any atom is 0.415 e. The summed E-state index contributed by atoms with van der Waals surface area (Å²) >= 11 is 1.44. The number of carbonyl (C=O) groups is 3. The fraction of sp³-hybridized carbons (Fsp3) is 0.381.